The average Bonchev–Trinajstić information content (AvgIpc) is 3.35. The van der Waals surface area contributed by atoms with Crippen molar-refractivity contribution < 1.29 is 0 Å². The van der Waals surface area contributed by atoms with E-state index in [1.165, 1.54) is 43.5 Å². The van der Waals surface area contributed by atoms with E-state index in [9.17, 15) is 0 Å². The summed E-state index contributed by atoms with van der Waals surface area (Å²) >= 11 is 1.99. The molecule has 3 heteroatoms. The summed E-state index contributed by atoms with van der Waals surface area (Å²) in [5, 5.41) is 2.57. The van der Waals surface area contributed by atoms with Crippen LogP contribution in [0.2, 0.25) is 0 Å². The van der Waals surface area contributed by atoms with Gasteiger partial charge >= 0.3 is 0 Å². The van der Waals surface area contributed by atoms with E-state index in [4.69, 9.17) is 5.73 Å². The van der Waals surface area contributed by atoms with Gasteiger partial charge in [0.2, 0.25) is 0 Å². The smallest absolute Gasteiger partial charge is 0.0538 e. The highest BCUT2D eigenvalue weighted by Gasteiger charge is 2.41. The standard InChI is InChI=1S/C31H26N2S/c1-31-17-7-6-10-26(31)25-18-20(13-16-30(25)34-31)22-15-14-21(32)19-29(22)33-27-11-4-2-8-23(27)24-9-3-5-12-28(24)33/h2-14,16-19,22,26H,15,32H2,1H3. The number of para-hydroxylation sites is 2. The van der Waals surface area contributed by atoms with Gasteiger partial charge in [0.1, 0.15) is 0 Å². The van der Waals surface area contributed by atoms with E-state index in [1.807, 2.05) is 11.8 Å². The molecule has 0 fully saturated rings. The first kappa shape index (κ1) is 20.0. The molecule has 2 heterocycles. The Morgan fingerprint density at radius 2 is 1.68 bits per heavy atom. The quantitative estimate of drug-likeness (QED) is 0.333. The van der Waals surface area contributed by atoms with Gasteiger partial charge < -0.3 is 10.3 Å². The van der Waals surface area contributed by atoms with Gasteiger partial charge in [-0.1, -0.05) is 78.9 Å². The van der Waals surface area contributed by atoms with E-state index in [0.29, 0.717) is 5.92 Å². The van der Waals surface area contributed by atoms with E-state index in [1.54, 1.807) is 0 Å². The first-order chi connectivity index (χ1) is 16.6. The van der Waals surface area contributed by atoms with Gasteiger partial charge in [0.25, 0.3) is 0 Å². The molecule has 0 saturated heterocycles. The molecule has 0 bridgehead atoms. The van der Waals surface area contributed by atoms with E-state index < -0.39 is 0 Å². The number of hydrogen-bond acceptors (Lipinski definition) is 2. The van der Waals surface area contributed by atoms with Gasteiger partial charge in [0.15, 0.2) is 0 Å². The summed E-state index contributed by atoms with van der Waals surface area (Å²) in [7, 11) is 0. The molecule has 0 spiro atoms. The maximum atomic E-state index is 6.41. The summed E-state index contributed by atoms with van der Waals surface area (Å²) in [6.07, 6.45) is 14.4. The Morgan fingerprint density at radius 1 is 0.941 bits per heavy atom. The molecule has 2 aliphatic carbocycles. The molecule has 0 saturated carbocycles. The van der Waals surface area contributed by atoms with Crippen LogP contribution in [0.3, 0.4) is 0 Å². The molecule has 1 aliphatic heterocycles. The van der Waals surface area contributed by atoms with Crippen molar-refractivity contribution in [2.24, 2.45) is 5.73 Å². The third-order valence-electron chi connectivity index (χ3n) is 7.66. The predicted octanol–water partition coefficient (Wildman–Crippen LogP) is 7.74. The second-order valence-corrected chi connectivity index (χ2v) is 11.3. The van der Waals surface area contributed by atoms with Crippen molar-refractivity contribution in [1.82, 2.24) is 4.57 Å². The van der Waals surface area contributed by atoms with Crippen LogP contribution in [0.4, 0.5) is 0 Å². The molecule has 7 rings (SSSR count). The molecule has 3 atom stereocenters. The monoisotopic (exact) mass is 458 g/mol. The lowest BCUT2D eigenvalue weighted by molar-refractivity contribution is 0.699. The van der Waals surface area contributed by atoms with Gasteiger partial charge in [-0.05, 0) is 48.7 Å². The number of benzene rings is 3. The first-order valence-corrected chi connectivity index (χ1v) is 12.8. The van der Waals surface area contributed by atoms with Gasteiger partial charge in [-0.25, -0.2) is 0 Å². The number of thioether (sulfide) groups is 1. The Balaban J connectivity index is 1.41. The molecule has 3 aromatic carbocycles. The van der Waals surface area contributed by atoms with E-state index in [0.717, 1.165) is 12.1 Å². The van der Waals surface area contributed by atoms with Crippen LogP contribution < -0.4 is 5.73 Å². The summed E-state index contributed by atoms with van der Waals surface area (Å²) < 4.78 is 2.54. The van der Waals surface area contributed by atoms with Crippen molar-refractivity contribution in [1.29, 1.82) is 0 Å². The van der Waals surface area contributed by atoms with E-state index in [-0.39, 0.29) is 10.7 Å². The summed E-state index contributed by atoms with van der Waals surface area (Å²) in [6, 6.07) is 24.6. The Kier molecular flexibility index (Phi) is 4.28. The molecule has 34 heavy (non-hydrogen) atoms. The van der Waals surface area contributed by atoms with Crippen LogP contribution in [0.15, 0.2) is 114 Å². The fraction of sp³-hybridized carbons (Fsp3) is 0.161. The second kappa shape index (κ2) is 7.28. The number of nitrogens with two attached hydrogens (primary N) is 1. The molecule has 2 nitrogen and oxygen atoms in total. The second-order valence-electron chi connectivity index (χ2n) is 9.74. The topological polar surface area (TPSA) is 30.9 Å². The van der Waals surface area contributed by atoms with E-state index in [2.05, 4.69) is 115 Å². The summed E-state index contributed by atoms with van der Waals surface area (Å²) in [6.45, 7) is 2.36. The molecule has 166 valence electrons. The first-order valence-electron chi connectivity index (χ1n) is 12.0. The molecule has 4 aromatic rings. The maximum Gasteiger partial charge on any atom is 0.0538 e. The van der Waals surface area contributed by atoms with Gasteiger partial charge in [-0.15, -0.1) is 11.8 Å². The molecule has 1 aromatic heterocycles. The van der Waals surface area contributed by atoms with E-state index >= 15 is 0 Å². The van der Waals surface area contributed by atoms with Gasteiger partial charge in [0.05, 0.1) is 11.0 Å². The minimum atomic E-state index is 0.109. The Bertz CT molecular complexity index is 1550. The van der Waals surface area contributed by atoms with Crippen molar-refractivity contribution in [3.63, 3.8) is 0 Å². The van der Waals surface area contributed by atoms with Crippen LogP contribution in [-0.2, 0) is 0 Å². The van der Waals surface area contributed by atoms with Crippen LogP contribution in [0.5, 0.6) is 0 Å². The van der Waals surface area contributed by atoms with Crippen molar-refractivity contribution in [2.45, 2.75) is 34.8 Å². The predicted molar refractivity (Wildman–Crippen MR) is 145 cm³/mol. The zero-order chi connectivity index (χ0) is 22.9. The summed E-state index contributed by atoms with van der Waals surface area (Å²) in [4.78, 5) is 1.40. The van der Waals surface area contributed by atoms with Crippen LogP contribution in [0.25, 0.3) is 27.5 Å². The largest absolute Gasteiger partial charge is 0.399 e. The minimum Gasteiger partial charge on any atom is -0.399 e. The van der Waals surface area contributed by atoms with Gasteiger partial charge in [-0.2, -0.15) is 0 Å². The molecular weight excluding hydrogens is 432 g/mol. The highest BCUT2D eigenvalue weighted by molar-refractivity contribution is 8.01. The Morgan fingerprint density at radius 3 is 2.44 bits per heavy atom. The molecule has 0 radical (unpaired) electrons. The SMILES string of the molecule is CC12C=CC=CC1c1cc(C3CC=C(N)C=C3n3c4ccccc4c4ccccc43)ccc1S2. The highest BCUT2D eigenvalue weighted by atomic mass is 32.2. The van der Waals surface area contributed by atoms with Crippen LogP contribution in [0.1, 0.15) is 36.3 Å². The average molecular weight is 459 g/mol. The lowest BCUT2D eigenvalue weighted by Gasteiger charge is -2.28. The molecule has 3 unspecified atom stereocenters. The van der Waals surface area contributed by atoms with Crippen LogP contribution >= 0.6 is 11.8 Å². The Hall–Kier alpha value is -3.43. The van der Waals surface area contributed by atoms with Crippen LogP contribution in [0, 0.1) is 0 Å². The number of rotatable bonds is 2. The van der Waals surface area contributed by atoms with Crippen molar-refractivity contribution >= 4 is 39.3 Å². The fourth-order valence-corrected chi connectivity index (χ4v) is 7.41. The minimum absolute atomic E-state index is 0.109. The molecule has 0 amide bonds. The maximum absolute atomic E-state index is 6.41. The molecule has 2 N–H and O–H groups in total. The number of allylic oxidation sites excluding steroid dienone is 6. The number of fused-ring (bicyclic) bond motifs is 6. The molecule has 3 aliphatic rings. The molecular formula is C31H26N2S. The Labute approximate surface area is 204 Å². The number of aromatic nitrogens is 1. The van der Waals surface area contributed by atoms with Gasteiger partial charge in [0, 0.05) is 43.6 Å². The lowest BCUT2D eigenvalue weighted by Crippen LogP contribution is -2.22. The zero-order valence-electron chi connectivity index (χ0n) is 19.1. The summed E-state index contributed by atoms with van der Waals surface area (Å²) in [5.74, 6) is 0.666. The van der Waals surface area contributed by atoms with Crippen molar-refractivity contribution in [3.05, 3.63) is 120 Å². The lowest BCUT2D eigenvalue weighted by atomic mass is 9.81. The summed E-state index contributed by atoms with van der Waals surface area (Å²) in [5.41, 5.74) is 13.8. The zero-order valence-corrected chi connectivity index (χ0v) is 19.9. The van der Waals surface area contributed by atoms with Crippen molar-refractivity contribution in [3.8, 4) is 0 Å². The third kappa shape index (κ3) is 2.83. The van der Waals surface area contributed by atoms with Crippen molar-refractivity contribution in [2.75, 3.05) is 0 Å². The number of hydrogen-bond donors (Lipinski definition) is 1. The highest BCUT2D eigenvalue weighted by Crippen LogP contribution is 2.56. The number of nitrogens with zero attached hydrogens (tertiary/aromatic N) is 1. The van der Waals surface area contributed by atoms with Crippen LogP contribution in [-0.4, -0.2) is 9.31 Å². The normalized spacial score (nSPS) is 25.3. The third-order valence-corrected chi connectivity index (χ3v) is 9.08. The van der Waals surface area contributed by atoms with Gasteiger partial charge in [-0.3, -0.25) is 0 Å². The fourth-order valence-electron chi connectivity index (χ4n) is 6.02.